The fraction of sp³-hybridized carbons (Fsp3) is 0. The Bertz CT molecular complexity index is 1520. The average Bonchev–Trinajstić information content (AvgIpc) is 3.45. The SMILES string of the molecule is NS(=O)(=O)c1ccc(-n2cccc2C=C2C(=O)N(c3ccccc3)N=C2c2ccccc2)cc1. The summed E-state index contributed by atoms with van der Waals surface area (Å²) in [7, 11) is -3.78. The van der Waals surface area contributed by atoms with Gasteiger partial charge in [0.25, 0.3) is 5.91 Å². The molecular formula is C26H20N4O3S. The van der Waals surface area contributed by atoms with Crippen molar-refractivity contribution in [2.45, 2.75) is 4.90 Å². The third kappa shape index (κ3) is 4.07. The minimum Gasteiger partial charge on any atom is -0.317 e. The Hall–Kier alpha value is -4.27. The molecule has 34 heavy (non-hydrogen) atoms. The number of nitrogens with two attached hydrogens (primary N) is 1. The van der Waals surface area contributed by atoms with Crippen molar-refractivity contribution >= 4 is 33.4 Å². The van der Waals surface area contributed by atoms with Gasteiger partial charge >= 0.3 is 0 Å². The van der Waals surface area contributed by atoms with Crippen molar-refractivity contribution in [2.75, 3.05) is 5.01 Å². The number of carbonyl (C=O) groups excluding carboxylic acids is 1. The molecule has 0 radical (unpaired) electrons. The molecule has 3 aromatic carbocycles. The molecule has 0 fully saturated rings. The van der Waals surface area contributed by atoms with E-state index in [2.05, 4.69) is 5.10 Å². The Morgan fingerprint density at radius 1 is 0.765 bits per heavy atom. The first kappa shape index (κ1) is 21.6. The van der Waals surface area contributed by atoms with E-state index in [0.29, 0.717) is 17.0 Å². The Kier molecular flexibility index (Phi) is 5.45. The molecule has 7 nitrogen and oxygen atoms in total. The lowest BCUT2D eigenvalue weighted by molar-refractivity contribution is -0.114. The number of para-hydroxylation sites is 1. The zero-order valence-electron chi connectivity index (χ0n) is 17.9. The average molecular weight is 469 g/mol. The summed E-state index contributed by atoms with van der Waals surface area (Å²) >= 11 is 0. The second kappa shape index (κ2) is 8.58. The first-order valence-electron chi connectivity index (χ1n) is 10.5. The third-order valence-corrected chi connectivity index (χ3v) is 6.37. The van der Waals surface area contributed by atoms with Crippen LogP contribution in [-0.4, -0.2) is 24.6 Å². The lowest BCUT2D eigenvalue weighted by atomic mass is 10.0. The Morgan fingerprint density at radius 3 is 2.06 bits per heavy atom. The van der Waals surface area contributed by atoms with Crippen LogP contribution in [0.2, 0.25) is 0 Å². The quantitative estimate of drug-likeness (QED) is 0.449. The zero-order chi connectivity index (χ0) is 23.7. The molecule has 0 bridgehead atoms. The van der Waals surface area contributed by atoms with Crippen LogP contribution in [0.4, 0.5) is 5.69 Å². The number of primary sulfonamides is 1. The van der Waals surface area contributed by atoms with Gasteiger partial charge in [-0.15, -0.1) is 0 Å². The van der Waals surface area contributed by atoms with E-state index in [0.717, 1.165) is 16.9 Å². The van der Waals surface area contributed by atoms with E-state index >= 15 is 0 Å². The summed E-state index contributed by atoms with van der Waals surface area (Å²) in [4.78, 5) is 13.5. The van der Waals surface area contributed by atoms with E-state index in [9.17, 15) is 13.2 Å². The highest BCUT2D eigenvalue weighted by atomic mass is 32.2. The predicted octanol–water partition coefficient (Wildman–Crippen LogP) is 3.96. The van der Waals surface area contributed by atoms with Gasteiger partial charge < -0.3 is 4.57 Å². The number of rotatable bonds is 5. The predicted molar refractivity (Wildman–Crippen MR) is 132 cm³/mol. The molecule has 8 heteroatoms. The number of hydrogen-bond acceptors (Lipinski definition) is 4. The van der Waals surface area contributed by atoms with Gasteiger partial charge in [-0.3, -0.25) is 4.79 Å². The van der Waals surface area contributed by atoms with E-state index in [1.807, 2.05) is 83.6 Å². The van der Waals surface area contributed by atoms with Crippen molar-refractivity contribution in [1.82, 2.24) is 4.57 Å². The molecule has 168 valence electrons. The molecule has 0 spiro atoms. The van der Waals surface area contributed by atoms with Crippen molar-refractivity contribution in [1.29, 1.82) is 0 Å². The molecule has 1 aromatic heterocycles. The van der Waals surface area contributed by atoms with E-state index in [1.165, 1.54) is 17.1 Å². The molecule has 0 saturated heterocycles. The number of sulfonamides is 1. The number of amides is 1. The summed E-state index contributed by atoms with van der Waals surface area (Å²) in [6, 6.07) is 28.8. The number of aromatic nitrogens is 1. The van der Waals surface area contributed by atoms with Gasteiger partial charge in [0.15, 0.2) is 0 Å². The second-order valence-corrected chi connectivity index (χ2v) is 9.23. The number of anilines is 1. The molecule has 4 aromatic rings. The number of benzene rings is 3. The Labute approximate surface area is 197 Å². The summed E-state index contributed by atoms with van der Waals surface area (Å²) in [5.41, 5.74) is 4.01. The molecule has 2 N–H and O–H groups in total. The molecule has 1 aliphatic rings. The maximum atomic E-state index is 13.5. The van der Waals surface area contributed by atoms with E-state index in [1.54, 1.807) is 18.2 Å². The number of nitrogens with zero attached hydrogens (tertiary/aromatic N) is 3. The topological polar surface area (TPSA) is 97.8 Å². The summed E-state index contributed by atoms with van der Waals surface area (Å²) < 4.78 is 25.0. The summed E-state index contributed by atoms with van der Waals surface area (Å²) in [5, 5.41) is 11.3. The van der Waals surface area contributed by atoms with Gasteiger partial charge in [-0.2, -0.15) is 10.1 Å². The first-order valence-corrected chi connectivity index (χ1v) is 12.0. The van der Waals surface area contributed by atoms with Crippen LogP contribution in [-0.2, 0) is 14.8 Å². The molecular weight excluding hydrogens is 448 g/mol. The van der Waals surface area contributed by atoms with Crippen LogP contribution in [0, 0.1) is 0 Å². The van der Waals surface area contributed by atoms with Crippen LogP contribution in [0.15, 0.2) is 119 Å². The Morgan fingerprint density at radius 2 is 1.41 bits per heavy atom. The van der Waals surface area contributed by atoms with Gasteiger partial charge in [0.1, 0.15) is 5.71 Å². The lowest BCUT2D eigenvalue weighted by Gasteiger charge is -2.11. The van der Waals surface area contributed by atoms with Crippen LogP contribution in [0.5, 0.6) is 0 Å². The van der Waals surface area contributed by atoms with Crippen molar-refractivity contribution in [3.05, 3.63) is 120 Å². The van der Waals surface area contributed by atoms with Gasteiger partial charge in [-0.1, -0.05) is 48.5 Å². The van der Waals surface area contributed by atoms with Crippen LogP contribution in [0.25, 0.3) is 11.8 Å². The minimum absolute atomic E-state index is 0.0336. The highest BCUT2D eigenvalue weighted by molar-refractivity contribution is 7.89. The fourth-order valence-corrected chi connectivity index (χ4v) is 4.30. The van der Waals surface area contributed by atoms with E-state index < -0.39 is 10.0 Å². The first-order chi connectivity index (χ1) is 16.4. The molecule has 1 aliphatic heterocycles. The van der Waals surface area contributed by atoms with Crippen molar-refractivity contribution in [3.63, 3.8) is 0 Å². The molecule has 0 aliphatic carbocycles. The van der Waals surface area contributed by atoms with Gasteiger partial charge in [0.05, 0.1) is 16.2 Å². The molecule has 1 amide bonds. The summed E-state index contributed by atoms with van der Waals surface area (Å²) in [5.74, 6) is -0.234. The van der Waals surface area contributed by atoms with Crippen LogP contribution < -0.4 is 10.1 Å². The van der Waals surface area contributed by atoms with E-state index in [4.69, 9.17) is 5.14 Å². The largest absolute Gasteiger partial charge is 0.317 e. The van der Waals surface area contributed by atoms with Crippen LogP contribution in [0.1, 0.15) is 11.3 Å². The molecule has 5 rings (SSSR count). The highest BCUT2D eigenvalue weighted by Gasteiger charge is 2.32. The normalized spacial score (nSPS) is 15.1. The number of carbonyl (C=O) groups is 1. The maximum Gasteiger partial charge on any atom is 0.281 e. The monoisotopic (exact) mass is 468 g/mol. The van der Waals surface area contributed by atoms with E-state index in [-0.39, 0.29) is 10.8 Å². The molecule has 0 saturated carbocycles. The van der Waals surface area contributed by atoms with Gasteiger partial charge in [-0.05, 0) is 54.6 Å². The van der Waals surface area contributed by atoms with Crippen molar-refractivity contribution < 1.29 is 13.2 Å². The lowest BCUT2D eigenvalue weighted by Crippen LogP contribution is -2.21. The summed E-state index contributed by atoms with van der Waals surface area (Å²) in [6.07, 6.45) is 3.64. The second-order valence-electron chi connectivity index (χ2n) is 7.67. The van der Waals surface area contributed by atoms with Gasteiger partial charge in [0, 0.05) is 23.1 Å². The number of hydrazone groups is 1. The van der Waals surface area contributed by atoms with Gasteiger partial charge in [-0.25, -0.2) is 13.6 Å². The third-order valence-electron chi connectivity index (χ3n) is 5.44. The number of hydrogen-bond donors (Lipinski definition) is 1. The maximum absolute atomic E-state index is 13.5. The Balaban J connectivity index is 1.59. The van der Waals surface area contributed by atoms with Crippen LogP contribution >= 0.6 is 0 Å². The van der Waals surface area contributed by atoms with Gasteiger partial charge in [0.2, 0.25) is 10.0 Å². The standard InChI is InChI=1S/C26H20N4O3S/c27-34(32,33)23-15-13-20(14-16-23)29-17-7-12-22(29)18-24-25(19-8-3-1-4-9-19)28-30(26(24)31)21-10-5-2-6-11-21/h1-18H,(H2,27,32,33). The molecule has 0 atom stereocenters. The van der Waals surface area contributed by atoms with Crippen molar-refractivity contribution in [2.24, 2.45) is 10.2 Å². The smallest absolute Gasteiger partial charge is 0.281 e. The fourth-order valence-electron chi connectivity index (χ4n) is 3.79. The summed E-state index contributed by atoms with van der Waals surface area (Å²) in [6.45, 7) is 0. The zero-order valence-corrected chi connectivity index (χ0v) is 18.8. The highest BCUT2D eigenvalue weighted by Crippen LogP contribution is 2.28. The molecule has 0 unspecified atom stereocenters. The minimum atomic E-state index is -3.78. The van der Waals surface area contributed by atoms with Crippen molar-refractivity contribution in [3.8, 4) is 5.69 Å². The van der Waals surface area contributed by atoms with Crippen LogP contribution in [0.3, 0.4) is 0 Å². The molecule has 2 heterocycles.